The SMILES string of the molecule is COCCn1nc(C(=O)N2CCN(S(=O)(=O)c3c(C)cc(C)cc3C)CC2)ccc1=O. The largest absolute Gasteiger partial charge is 0.383 e. The molecule has 0 spiro atoms. The van der Waals surface area contributed by atoms with Gasteiger partial charge in [0, 0.05) is 39.4 Å². The summed E-state index contributed by atoms with van der Waals surface area (Å²) in [5.41, 5.74) is 2.30. The monoisotopic (exact) mass is 448 g/mol. The molecule has 0 bridgehead atoms. The van der Waals surface area contributed by atoms with E-state index in [1.165, 1.54) is 28.2 Å². The highest BCUT2D eigenvalue weighted by molar-refractivity contribution is 7.89. The molecule has 0 aliphatic carbocycles. The standard InChI is InChI=1S/C21H28N4O5S/c1-15-13-16(2)20(17(3)14-15)31(28,29)24-9-7-23(8-10-24)21(27)18-5-6-19(26)25(22-18)11-12-30-4/h5-6,13-14H,7-12H2,1-4H3. The van der Waals surface area contributed by atoms with E-state index in [4.69, 9.17) is 4.74 Å². The molecule has 3 rings (SSSR count). The number of hydrogen-bond acceptors (Lipinski definition) is 6. The lowest BCUT2D eigenvalue weighted by atomic mass is 10.1. The maximum atomic E-state index is 13.2. The molecule has 2 heterocycles. The predicted octanol–water partition coefficient (Wildman–Crippen LogP) is 0.962. The van der Waals surface area contributed by atoms with Crippen LogP contribution in [0.25, 0.3) is 0 Å². The predicted molar refractivity (Wildman–Crippen MR) is 116 cm³/mol. The van der Waals surface area contributed by atoms with E-state index in [0.717, 1.165) is 16.7 Å². The highest BCUT2D eigenvalue weighted by Gasteiger charge is 2.32. The zero-order valence-corrected chi connectivity index (χ0v) is 19.1. The van der Waals surface area contributed by atoms with Crippen molar-refractivity contribution in [3.05, 3.63) is 57.0 Å². The van der Waals surface area contributed by atoms with E-state index in [1.807, 2.05) is 19.1 Å². The summed E-state index contributed by atoms with van der Waals surface area (Å²) in [7, 11) is -2.14. The van der Waals surface area contributed by atoms with Crippen molar-refractivity contribution in [2.45, 2.75) is 32.2 Å². The molecular weight excluding hydrogens is 420 g/mol. The first-order valence-corrected chi connectivity index (χ1v) is 11.5. The summed E-state index contributed by atoms with van der Waals surface area (Å²) < 4.78 is 34.0. The Labute approximate surface area is 182 Å². The topological polar surface area (TPSA) is 102 Å². The van der Waals surface area contributed by atoms with Crippen molar-refractivity contribution in [2.24, 2.45) is 0 Å². The molecule has 1 aliphatic heterocycles. The zero-order chi connectivity index (χ0) is 22.8. The number of aryl methyl sites for hydroxylation is 3. The Bertz CT molecular complexity index is 1110. The number of amides is 1. The van der Waals surface area contributed by atoms with Gasteiger partial charge in [0.05, 0.1) is 18.0 Å². The van der Waals surface area contributed by atoms with Crippen LogP contribution in [0.4, 0.5) is 0 Å². The van der Waals surface area contributed by atoms with Crippen LogP contribution in [0, 0.1) is 20.8 Å². The van der Waals surface area contributed by atoms with Gasteiger partial charge in [-0.25, -0.2) is 13.1 Å². The summed E-state index contributed by atoms with van der Waals surface area (Å²) in [5.74, 6) is -0.328. The van der Waals surface area contributed by atoms with Gasteiger partial charge in [-0.3, -0.25) is 9.59 Å². The van der Waals surface area contributed by atoms with E-state index in [1.54, 1.807) is 18.7 Å². The zero-order valence-electron chi connectivity index (χ0n) is 18.3. The number of methoxy groups -OCH3 is 1. The lowest BCUT2D eigenvalue weighted by molar-refractivity contribution is 0.0688. The van der Waals surface area contributed by atoms with Crippen molar-refractivity contribution in [2.75, 3.05) is 39.9 Å². The number of carbonyl (C=O) groups is 1. The molecule has 2 aromatic rings. The average Bonchev–Trinajstić information content (AvgIpc) is 2.72. The van der Waals surface area contributed by atoms with Crippen LogP contribution < -0.4 is 5.56 Å². The van der Waals surface area contributed by atoms with Gasteiger partial charge in [0.15, 0.2) is 0 Å². The fraction of sp³-hybridized carbons (Fsp3) is 0.476. The van der Waals surface area contributed by atoms with Crippen molar-refractivity contribution < 1.29 is 17.9 Å². The van der Waals surface area contributed by atoms with Gasteiger partial charge in [0.2, 0.25) is 10.0 Å². The van der Waals surface area contributed by atoms with Crippen LogP contribution in [0.2, 0.25) is 0 Å². The quantitative estimate of drug-likeness (QED) is 0.652. The molecule has 0 N–H and O–H groups in total. The highest BCUT2D eigenvalue weighted by Crippen LogP contribution is 2.26. The number of ether oxygens (including phenoxy) is 1. The van der Waals surface area contributed by atoms with Crippen LogP contribution in [-0.2, 0) is 21.3 Å². The lowest BCUT2D eigenvalue weighted by Gasteiger charge is -2.34. The molecule has 1 fully saturated rings. The fourth-order valence-corrected chi connectivity index (χ4v) is 5.73. The number of benzene rings is 1. The molecule has 168 valence electrons. The molecule has 10 heteroatoms. The minimum absolute atomic E-state index is 0.150. The Morgan fingerprint density at radius 2 is 1.68 bits per heavy atom. The molecule has 1 saturated heterocycles. The van der Waals surface area contributed by atoms with Gasteiger partial charge in [0.1, 0.15) is 5.69 Å². The molecule has 1 aromatic carbocycles. The second-order valence-electron chi connectivity index (χ2n) is 7.70. The molecular formula is C21H28N4O5S. The second-order valence-corrected chi connectivity index (χ2v) is 9.57. The summed E-state index contributed by atoms with van der Waals surface area (Å²) in [6.45, 7) is 6.99. The Kier molecular flexibility index (Phi) is 6.93. The molecule has 9 nitrogen and oxygen atoms in total. The van der Waals surface area contributed by atoms with E-state index in [0.29, 0.717) is 11.5 Å². The van der Waals surface area contributed by atoms with Crippen LogP contribution in [0.3, 0.4) is 0 Å². The molecule has 1 aliphatic rings. The van der Waals surface area contributed by atoms with Crippen LogP contribution in [0.15, 0.2) is 34.0 Å². The smallest absolute Gasteiger partial charge is 0.274 e. The normalized spacial score (nSPS) is 15.3. The first-order chi connectivity index (χ1) is 14.6. The van der Waals surface area contributed by atoms with Gasteiger partial charge in [-0.15, -0.1) is 0 Å². The summed E-state index contributed by atoms with van der Waals surface area (Å²) in [6, 6.07) is 6.43. The summed E-state index contributed by atoms with van der Waals surface area (Å²) in [5, 5.41) is 4.13. The lowest BCUT2D eigenvalue weighted by Crippen LogP contribution is -2.51. The number of aromatic nitrogens is 2. The van der Waals surface area contributed by atoms with Gasteiger partial charge >= 0.3 is 0 Å². The van der Waals surface area contributed by atoms with Gasteiger partial charge < -0.3 is 9.64 Å². The minimum atomic E-state index is -3.66. The van der Waals surface area contributed by atoms with Gasteiger partial charge in [-0.2, -0.15) is 9.40 Å². The van der Waals surface area contributed by atoms with Gasteiger partial charge in [-0.05, 0) is 38.0 Å². The van der Waals surface area contributed by atoms with Crippen LogP contribution in [0.5, 0.6) is 0 Å². The molecule has 0 unspecified atom stereocenters. The van der Waals surface area contributed by atoms with E-state index in [2.05, 4.69) is 5.10 Å². The molecule has 1 amide bonds. The van der Waals surface area contributed by atoms with E-state index in [-0.39, 0.29) is 49.9 Å². The Hall–Kier alpha value is -2.56. The van der Waals surface area contributed by atoms with E-state index < -0.39 is 10.0 Å². The number of carbonyl (C=O) groups excluding carboxylic acids is 1. The number of nitrogens with zero attached hydrogens (tertiary/aromatic N) is 4. The Morgan fingerprint density at radius 1 is 1.06 bits per heavy atom. The average molecular weight is 449 g/mol. The van der Waals surface area contributed by atoms with E-state index in [9.17, 15) is 18.0 Å². The third-order valence-corrected chi connectivity index (χ3v) is 7.53. The first kappa shape index (κ1) is 23.1. The molecule has 1 aromatic heterocycles. The van der Waals surface area contributed by atoms with Gasteiger partial charge in [0.25, 0.3) is 11.5 Å². The van der Waals surface area contributed by atoms with Crippen molar-refractivity contribution in [3.8, 4) is 0 Å². The third kappa shape index (κ3) is 4.86. The van der Waals surface area contributed by atoms with Crippen LogP contribution >= 0.6 is 0 Å². The maximum absolute atomic E-state index is 13.2. The Balaban J connectivity index is 1.74. The maximum Gasteiger partial charge on any atom is 0.274 e. The van der Waals surface area contributed by atoms with Crippen molar-refractivity contribution in [1.29, 1.82) is 0 Å². The molecule has 0 atom stereocenters. The molecule has 31 heavy (non-hydrogen) atoms. The van der Waals surface area contributed by atoms with Gasteiger partial charge in [-0.1, -0.05) is 17.7 Å². The van der Waals surface area contributed by atoms with Crippen molar-refractivity contribution in [3.63, 3.8) is 0 Å². The van der Waals surface area contributed by atoms with Crippen LogP contribution in [-0.4, -0.2) is 73.2 Å². The first-order valence-electron chi connectivity index (χ1n) is 10.1. The van der Waals surface area contributed by atoms with Crippen molar-refractivity contribution >= 4 is 15.9 Å². The summed E-state index contributed by atoms with van der Waals surface area (Å²) in [6.07, 6.45) is 0. The van der Waals surface area contributed by atoms with E-state index >= 15 is 0 Å². The summed E-state index contributed by atoms with van der Waals surface area (Å²) >= 11 is 0. The molecule has 0 radical (unpaired) electrons. The summed E-state index contributed by atoms with van der Waals surface area (Å²) in [4.78, 5) is 26.6. The Morgan fingerprint density at radius 3 is 2.26 bits per heavy atom. The molecule has 0 saturated carbocycles. The third-order valence-electron chi connectivity index (χ3n) is 5.32. The number of hydrogen-bond donors (Lipinski definition) is 0. The van der Waals surface area contributed by atoms with Crippen LogP contribution in [0.1, 0.15) is 27.2 Å². The number of rotatable bonds is 6. The fourth-order valence-electron chi connectivity index (χ4n) is 3.90. The second kappa shape index (κ2) is 9.29. The highest BCUT2D eigenvalue weighted by atomic mass is 32.2. The number of piperazine rings is 1. The van der Waals surface area contributed by atoms with Crippen molar-refractivity contribution in [1.82, 2.24) is 19.0 Å². The number of sulfonamides is 1. The minimum Gasteiger partial charge on any atom is -0.383 e.